The lowest BCUT2D eigenvalue weighted by Gasteiger charge is -2.05. The van der Waals surface area contributed by atoms with Crippen LogP contribution in [-0.2, 0) is 0 Å². The molecule has 0 saturated heterocycles. The van der Waals surface area contributed by atoms with Gasteiger partial charge in [-0.25, -0.2) is 0 Å². The number of nitrogens with zero attached hydrogens (tertiary/aromatic N) is 2. The van der Waals surface area contributed by atoms with E-state index in [4.69, 9.17) is 11.5 Å². The zero-order valence-corrected chi connectivity index (χ0v) is 9.91. The van der Waals surface area contributed by atoms with E-state index in [1.54, 1.807) is 18.2 Å². The third-order valence-corrected chi connectivity index (χ3v) is 2.82. The molecule has 88 valence electrons. The summed E-state index contributed by atoms with van der Waals surface area (Å²) in [5, 5.41) is 11.5. The largest absolute Gasteiger partial charge is 0.399 e. The van der Waals surface area contributed by atoms with Gasteiger partial charge in [-0.2, -0.15) is 0 Å². The predicted molar refractivity (Wildman–Crippen MR) is 67.9 cm³/mol. The van der Waals surface area contributed by atoms with Crippen LogP contribution < -0.4 is 16.8 Å². The monoisotopic (exact) mass is 249 g/mol. The summed E-state index contributed by atoms with van der Waals surface area (Å²) in [6, 6.07) is 4.74. The number of anilines is 3. The first-order valence-corrected chi connectivity index (χ1v) is 5.64. The maximum atomic E-state index is 11.9. The molecule has 2 rings (SSSR count). The van der Waals surface area contributed by atoms with Gasteiger partial charge in [0.25, 0.3) is 5.91 Å². The summed E-state index contributed by atoms with van der Waals surface area (Å²) in [6.07, 6.45) is 0. The molecular formula is C10H11N5OS. The fourth-order valence-electron chi connectivity index (χ4n) is 1.30. The minimum atomic E-state index is -0.321. The van der Waals surface area contributed by atoms with E-state index in [9.17, 15) is 4.79 Å². The fraction of sp³-hybridized carbons (Fsp3) is 0.100. The summed E-state index contributed by atoms with van der Waals surface area (Å²) in [5.41, 5.74) is 12.5. The van der Waals surface area contributed by atoms with Crippen molar-refractivity contribution in [3.8, 4) is 0 Å². The Morgan fingerprint density at radius 2 is 2.12 bits per heavy atom. The molecule has 6 nitrogen and oxygen atoms in total. The Bertz CT molecular complexity index is 566. The second-order valence-corrected chi connectivity index (χ2v) is 4.61. The van der Waals surface area contributed by atoms with Crippen molar-refractivity contribution in [2.75, 3.05) is 16.8 Å². The van der Waals surface area contributed by atoms with E-state index >= 15 is 0 Å². The highest BCUT2D eigenvalue weighted by Gasteiger charge is 2.12. The highest BCUT2D eigenvalue weighted by atomic mass is 32.1. The molecule has 0 unspecified atom stereocenters. The summed E-state index contributed by atoms with van der Waals surface area (Å²) >= 11 is 1.30. The van der Waals surface area contributed by atoms with Crippen LogP contribution in [0.2, 0.25) is 0 Å². The van der Waals surface area contributed by atoms with Gasteiger partial charge in [0.15, 0.2) is 0 Å². The molecule has 17 heavy (non-hydrogen) atoms. The Balaban J connectivity index is 2.20. The molecule has 0 aliphatic rings. The minimum Gasteiger partial charge on any atom is -0.399 e. The van der Waals surface area contributed by atoms with Gasteiger partial charge in [-0.1, -0.05) is 11.3 Å². The van der Waals surface area contributed by atoms with Crippen LogP contribution in [0.5, 0.6) is 0 Å². The first-order valence-electron chi connectivity index (χ1n) is 4.82. The normalized spacial score (nSPS) is 10.2. The van der Waals surface area contributed by atoms with Gasteiger partial charge < -0.3 is 11.5 Å². The number of aryl methyl sites for hydroxylation is 1. The number of hydrogen-bond acceptors (Lipinski definition) is 6. The number of nitrogen functional groups attached to an aromatic ring is 2. The first kappa shape index (κ1) is 11.3. The van der Waals surface area contributed by atoms with Gasteiger partial charge in [0.1, 0.15) is 5.01 Å². The molecule has 0 bridgehead atoms. The van der Waals surface area contributed by atoms with Crippen molar-refractivity contribution in [2.24, 2.45) is 0 Å². The number of nitrogens with two attached hydrogens (primary N) is 2. The van der Waals surface area contributed by atoms with Crippen LogP contribution in [0.3, 0.4) is 0 Å². The van der Waals surface area contributed by atoms with Gasteiger partial charge >= 0.3 is 0 Å². The maximum absolute atomic E-state index is 11.9. The van der Waals surface area contributed by atoms with Crippen LogP contribution in [-0.4, -0.2) is 16.1 Å². The van der Waals surface area contributed by atoms with Crippen molar-refractivity contribution in [1.82, 2.24) is 10.2 Å². The predicted octanol–water partition coefficient (Wildman–Crippen LogP) is 1.26. The molecule has 0 aliphatic heterocycles. The van der Waals surface area contributed by atoms with Gasteiger partial charge in [-0.3, -0.25) is 10.1 Å². The average Bonchev–Trinajstić information content (AvgIpc) is 2.63. The van der Waals surface area contributed by atoms with Gasteiger partial charge in [0.05, 0.1) is 5.56 Å². The van der Waals surface area contributed by atoms with Crippen molar-refractivity contribution in [3.05, 3.63) is 28.8 Å². The highest BCUT2D eigenvalue weighted by Crippen LogP contribution is 2.19. The molecule has 0 saturated carbocycles. The molecule has 5 N–H and O–H groups in total. The van der Waals surface area contributed by atoms with Gasteiger partial charge in [-0.05, 0) is 25.1 Å². The van der Waals surface area contributed by atoms with Crippen LogP contribution in [0.4, 0.5) is 16.5 Å². The molecular weight excluding hydrogens is 238 g/mol. The number of rotatable bonds is 2. The minimum absolute atomic E-state index is 0.321. The van der Waals surface area contributed by atoms with Crippen LogP contribution in [0.25, 0.3) is 0 Å². The number of carbonyl (C=O) groups excluding carboxylic acids is 1. The molecule has 1 aromatic carbocycles. The number of nitrogens with one attached hydrogen (secondary N) is 1. The molecule has 1 amide bonds. The lowest BCUT2D eigenvalue weighted by atomic mass is 10.1. The van der Waals surface area contributed by atoms with E-state index < -0.39 is 0 Å². The molecule has 7 heteroatoms. The Hall–Kier alpha value is -2.15. The molecule has 0 radical (unpaired) electrons. The topological polar surface area (TPSA) is 107 Å². The van der Waals surface area contributed by atoms with Crippen LogP contribution in [0.1, 0.15) is 15.4 Å². The van der Waals surface area contributed by atoms with Crippen molar-refractivity contribution in [2.45, 2.75) is 6.92 Å². The Morgan fingerprint density at radius 3 is 2.71 bits per heavy atom. The zero-order chi connectivity index (χ0) is 12.4. The van der Waals surface area contributed by atoms with Crippen molar-refractivity contribution in [1.29, 1.82) is 0 Å². The zero-order valence-electron chi connectivity index (χ0n) is 9.10. The fourth-order valence-corrected chi connectivity index (χ4v) is 1.89. The summed E-state index contributed by atoms with van der Waals surface area (Å²) in [7, 11) is 0. The number of carbonyl (C=O) groups is 1. The van der Waals surface area contributed by atoms with Gasteiger partial charge in [0, 0.05) is 11.4 Å². The summed E-state index contributed by atoms with van der Waals surface area (Å²) in [5.74, 6) is -0.321. The van der Waals surface area contributed by atoms with E-state index in [0.29, 0.717) is 22.1 Å². The molecule has 2 aromatic rings. The SMILES string of the molecule is Cc1nnc(NC(=O)c2ccc(N)cc2N)s1. The first-order chi connectivity index (χ1) is 8.06. The molecule has 0 aliphatic carbocycles. The molecule has 1 aromatic heterocycles. The lowest BCUT2D eigenvalue weighted by molar-refractivity contribution is 0.102. The number of amides is 1. The van der Waals surface area contributed by atoms with E-state index in [1.807, 2.05) is 6.92 Å². The number of benzene rings is 1. The maximum Gasteiger partial charge on any atom is 0.259 e. The van der Waals surface area contributed by atoms with Crippen LogP contribution in [0, 0.1) is 6.92 Å². The number of hydrogen-bond donors (Lipinski definition) is 3. The molecule has 0 atom stereocenters. The van der Waals surface area contributed by atoms with E-state index in [0.717, 1.165) is 5.01 Å². The smallest absolute Gasteiger partial charge is 0.259 e. The van der Waals surface area contributed by atoms with E-state index in [1.165, 1.54) is 11.3 Å². The van der Waals surface area contributed by atoms with Crippen LogP contribution >= 0.6 is 11.3 Å². The van der Waals surface area contributed by atoms with Gasteiger partial charge in [-0.15, -0.1) is 10.2 Å². The lowest BCUT2D eigenvalue weighted by Crippen LogP contribution is -2.14. The third kappa shape index (κ3) is 2.51. The Labute approximate surface area is 102 Å². The standard InChI is InChI=1S/C10H11N5OS/c1-5-14-15-10(17-5)13-9(16)7-3-2-6(11)4-8(7)12/h2-4H,11-12H2,1H3,(H,13,15,16). The number of aromatic nitrogens is 2. The summed E-state index contributed by atoms with van der Waals surface area (Å²) in [6.45, 7) is 1.81. The van der Waals surface area contributed by atoms with Crippen LogP contribution in [0.15, 0.2) is 18.2 Å². The van der Waals surface area contributed by atoms with Gasteiger partial charge in [0.2, 0.25) is 5.13 Å². The van der Waals surface area contributed by atoms with Crippen molar-refractivity contribution in [3.63, 3.8) is 0 Å². The van der Waals surface area contributed by atoms with Crippen molar-refractivity contribution >= 4 is 33.8 Å². The molecule has 1 heterocycles. The van der Waals surface area contributed by atoms with E-state index in [2.05, 4.69) is 15.5 Å². The molecule has 0 fully saturated rings. The summed E-state index contributed by atoms with van der Waals surface area (Å²) in [4.78, 5) is 11.9. The summed E-state index contributed by atoms with van der Waals surface area (Å²) < 4.78 is 0. The molecule has 0 spiro atoms. The second kappa shape index (κ2) is 4.38. The quantitative estimate of drug-likeness (QED) is 0.694. The Kier molecular flexibility index (Phi) is 2.92. The third-order valence-electron chi connectivity index (χ3n) is 2.07. The Morgan fingerprint density at radius 1 is 1.35 bits per heavy atom. The van der Waals surface area contributed by atoms with Crippen molar-refractivity contribution < 1.29 is 4.79 Å². The second-order valence-electron chi connectivity index (χ2n) is 3.43. The van der Waals surface area contributed by atoms with E-state index in [-0.39, 0.29) is 5.91 Å². The highest BCUT2D eigenvalue weighted by molar-refractivity contribution is 7.15. The average molecular weight is 249 g/mol.